The molecule has 0 aromatic heterocycles. The molecule has 1 aliphatic rings. The predicted molar refractivity (Wildman–Crippen MR) is 67.4 cm³/mol. The normalized spacial score (nSPS) is 15.9. The Morgan fingerprint density at radius 3 is 2.67 bits per heavy atom. The van der Waals surface area contributed by atoms with Gasteiger partial charge in [-0.3, -0.25) is 0 Å². The lowest BCUT2D eigenvalue weighted by Crippen LogP contribution is -1.91. The molecule has 1 nitrogen and oxygen atoms in total. The van der Waals surface area contributed by atoms with Crippen LogP contribution in [0.2, 0.25) is 0 Å². The molecular weight excluding hydrogens is 252 g/mol. The Hall–Kier alpha value is -0.760. The fraction of sp³-hybridized carbons (Fsp3) is 0.385. The molecule has 0 spiro atoms. The van der Waals surface area contributed by atoms with Crippen LogP contribution in [0.4, 0.5) is 0 Å². The Labute approximate surface area is 99.3 Å². The monoisotopic (exact) mass is 266 g/mol. The topological polar surface area (TPSA) is 9.23 Å². The molecule has 0 N–H and O–H groups in total. The second-order valence-corrected chi connectivity index (χ2v) is 4.90. The zero-order valence-corrected chi connectivity index (χ0v) is 10.7. The summed E-state index contributed by atoms with van der Waals surface area (Å²) < 4.78 is 6.75. The van der Waals surface area contributed by atoms with Gasteiger partial charge in [-0.2, -0.15) is 0 Å². The summed E-state index contributed by atoms with van der Waals surface area (Å²) in [5, 5.41) is 0. The maximum absolute atomic E-state index is 5.41. The van der Waals surface area contributed by atoms with Crippen LogP contribution < -0.4 is 4.74 Å². The molecule has 0 saturated carbocycles. The molecule has 0 atom stereocenters. The van der Waals surface area contributed by atoms with Crippen LogP contribution >= 0.6 is 15.9 Å². The number of halogens is 1. The van der Waals surface area contributed by atoms with E-state index >= 15 is 0 Å². The lowest BCUT2D eigenvalue weighted by Gasteiger charge is -2.11. The average molecular weight is 267 g/mol. The van der Waals surface area contributed by atoms with Crippen LogP contribution in [0.1, 0.15) is 30.4 Å². The van der Waals surface area contributed by atoms with Crippen LogP contribution in [-0.4, -0.2) is 7.11 Å². The van der Waals surface area contributed by atoms with E-state index in [1.807, 2.05) is 0 Å². The summed E-state index contributed by atoms with van der Waals surface area (Å²) in [5.74, 6) is 0.981. The van der Waals surface area contributed by atoms with Crippen molar-refractivity contribution in [2.45, 2.75) is 26.2 Å². The van der Waals surface area contributed by atoms with Crippen molar-refractivity contribution < 1.29 is 4.74 Å². The third kappa shape index (κ3) is 2.10. The summed E-state index contributed by atoms with van der Waals surface area (Å²) in [6.45, 7) is 2.12. The highest BCUT2D eigenvalue weighted by Crippen LogP contribution is 2.40. The molecule has 0 saturated heterocycles. The van der Waals surface area contributed by atoms with Crippen molar-refractivity contribution in [1.82, 2.24) is 0 Å². The van der Waals surface area contributed by atoms with Crippen LogP contribution in [0.25, 0.3) is 5.57 Å². The molecule has 1 aromatic carbocycles. The Balaban J connectivity index is 2.50. The third-order valence-electron chi connectivity index (χ3n) is 2.83. The number of hydrogen-bond donors (Lipinski definition) is 0. The van der Waals surface area contributed by atoms with Gasteiger partial charge in [-0.1, -0.05) is 27.6 Å². The molecular formula is C13H15BrO. The lowest BCUT2D eigenvalue weighted by molar-refractivity contribution is 0.413. The Morgan fingerprint density at radius 1 is 1.27 bits per heavy atom. The van der Waals surface area contributed by atoms with Gasteiger partial charge in [0.25, 0.3) is 0 Å². The molecule has 2 rings (SSSR count). The van der Waals surface area contributed by atoms with Crippen molar-refractivity contribution in [2.24, 2.45) is 0 Å². The van der Waals surface area contributed by atoms with E-state index in [9.17, 15) is 0 Å². The molecule has 0 unspecified atom stereocenters. The van der Waals surface area contributed by atoms with Gasteiger partial charge in [0.15, 0.2) is 0 Å². The number of allylic oxidation sites excluding steroid dienone is 2. The smallest absolute Gasteiger partial charge is 0.126 e. The zero-order valence-electron chi connectivity index (χ0n) is 9.14. The highest BCUT2D eigenvalue weighted by Gasteiger charge is 2.17. The number of methoxy groups -OCH3 is 1. The van der Waals surface area contributed by atoms with E-state index in [-0.39, 0.29) is 0 Å². The van der Waals surface area contributed by atoms with Crippen molar-refractivity contribution in [3.05, 3.63) is 33.8 Å². The van der Waals surface area contributed by atoms with E-state index in [2.05, 4.69) is 41.1 Å². The predicted octanol–water partition coefficient (Wildman–Crippen LogP) is 4.29. The summed E-state index contributed by atoms with van der Waals surface area (Å²) in [4.78, 5) is 0. The third-order valence-corrected chi connectivity index (χ3v) is 3.71. The fourth-order valence-electron chi connectivity index (χ4n) is 2.05. The molecule has 1 aromatic rings. The minimum absolute atomic E-state index is 0.981. The van der Waals surface area contributed by atoms with Crippen molar-refractivity contribution in [3.8, 4) is 5.75 Å². The molecule has 2 heteroatoms. The summed E-state index contributed by atoms with van der Waals surface area (Å²) >= 11 is 3.65. The Kier molecular flexibility index (Phi) is 3.15. The van der Waals surface area contributed by atoms with E-state index in [1.165, 1.54) is 27.6 Å². The molecule has 0 aliphatic heterocycles. The van der Waals surface area contributed by atoms with Gasteiger partial charge in [0.1, 0.15) is 5.75 Å². The molecule has 0 fully saturated rings. The summed E-state index contributed by atoms with van der Waals surface area (Å²) in [6.07, 6.45) is 3.56. The van der Waals surface area contributed by atoms with E-state index in [0.717, 1.165) is 18.6 Å². The summed E-state index contributed by atoms with van der Waals surface area (Å²) in [5.41, 5.74) is 3.95. The summed E-state index contributed by atoms with van der Waals surface area (Å²) in [7, 11) is 1.73. The minimum Gasteiger partial charge on any atom is -0.496 e. The van der Waals surface area contributed by atoms with Gasteiger partial charge < -0.3 is 4.74 Å². The Morgan fingerprint density at radius 2 is 2.07 bits per heavy atom. The largest absolute Gasteiger partial charge is 0.496 e. The SMILES string of the molecule is COc1ccc(C)cc1C1=C(Br)CCC1. The number of aryl methyl sites for hydroxylation is 1. The number of hydrogen-bond acceptors (Lipinski definition) is 1. The maximum atomic E-state index is 5.41. The van der Waals surface area contributed by atoms with Gasteiger partial charge in [0, 0.05) is 5.56 Å². The maximum Gasteiger partial charge on any atom is 0.126 e. The number of ether oxygens (including phenoxy) is 1. The molecule has 15 heavy (non-hydrogen) atoms. The van der Waals surface area contributed by atoms with Crippen molar-refractivity contribution in [2.75, 3.05) is 7.11 Å². The van der Waals surface area contributed by atoms with Crippen LogP contribution in [0, 0.1) is 6.92 Å². The van der Waals surface area contributed by atoms with Crippen molar-refractivity contribution in [1.29, 1.82) is 0 Å². The van der Waals surface area contributed by atoms with Gasteiger partial charge in [-0.05, 0) is 48.4 Å². The van der Waals surface area contributed by atoms with Gasteiger partial charge in [0.05, 0.1) is 7.11 Å². The summed E-state index contributed by atoms with van der Waals surface area (Å²) in [6, 6.07) is 6.35. The number of rotatable bonds is 2. The van der Waals surface area contributed by atoms with Crippen LogP contribution in [0.5, 0.6) is 5.75 Å². The highest BCUT2D eigenvalue weighted by molar-refractivity contribution is 9.11. The molecule has 0 bridgehead atoms. The molecule has 0 radical (unpaired) electrons. The van der Waals surface area contributed by atoms with Gasteiger partial charge in [-0.25, -0.2) is 0 Å². The van der Waals surface area contributed by atoms with Gasteiger partial charge >= 0.3 is 0 Å². The first kappa shape index (κ1) is 10.7. The molecule has 0 heterocycles. The van der Waals surface area contributed by atoms with E-state index in [4.69, 9.17) is 4.74 Å². The van der Waals surface area contributed by atoms with E-state index in [0.29, 0.717) is 0 Å². The molecule has 0 amide bonds. The van der Waals surface area contributed by atoms with Gasteiger partial charge in [-0.15, -0.1) is 0 Å². The molecule has 1 aliphatic carbocycles. The molecule has 80 valence electrons. The van der Waals surface area contributed by atoms with Crippen molar-refractivity contribution >= 4 is 21.5 Å². The second kappa shape index (κ2) is 4.40. The quantitative estimate of drug-likeness (QED) is 0.776. The average Bonchev–Trinajstić information content (AvgIpc) is 2.64. The highest BCUT2D eigenvalue weighted by atomic mass is 79.9. The zero-order chi connectivity index (χ0) is 10.8. The fourth-order valence-corrected chi connectivity index (χ4v) is 2.74. The lowest BCUT2D eigenvalue weighted by atomic mass is 10.0. The van der Waals surface area contributed by atoms with Crippen LogP contribution in [0.15, 0.2) is 22.7 Å². The van der Waals surface area contributed by atoms with Gasteiger partial charge in [0.2, 0.25) is 0 Å². The van der Waals surface area contributed by atoms with E-state index < -0.39 is 0 Å². The van der Waals surface area contributed by atoms with E-state index in [1.54, 1.807) is 7.11 Å². The standard InChI is InChI=1S/C13H15BrO/c1-9-6-7-13(15-2)11(8-9)10-4-3-5-12(10)14/h6-8H,3-5H2,1-2H3. The number of benzene rings is 1. The van der Waals surface area contributed by atoms with Crippen molar-refractivity contribution in [3.63, 3.8) is 0 Å². The minimum atomic E-state index is 0.981. The second-order valence-electron chi connectivity index (χ2n) is 3.94. The van der Waals surface area contributed by atoms with Crippen LogP contribution in [0.3, 0.4) is 0 Å². The Bertz CT molecular complexity index is 407. The first-order chi connectivity index (χ1) is 7.22. The first-order valence-electron chi connectivity index (χ1n) is 5.25. The first-order valence-corrected chi connectivity index (χ1v) is 6.04. The van der Waals surface area contributed by atoms with Crippen LogP contribution in [-0.2, 0) is 0 Å².